The third kappa shape index (κ3) is 3.90. The van der Waals surface area contributed by atoms with Gasteiger partial charge in [0.1, 0.15) is 11.5 Å². The summed E-state index contributed by atoms with van der Waals surface area (Å²) in [6, 6.07) is 9.95. The molecule has 0 saturated carbocycles. The molecule has 1 aromatic heterocycles. The van der Waals surface area contributed by atoms with Crippen LogP contribution in [0.25, 0.3) is 11.4 Å². The van der Waals surface area contributed by atoms with Crippen LogP contribution in [-0.4, -0.2) is 35.1 Å². The molecule has 2 heterocycles. The third-order valence-corrected chi connectivity index (χ3v) is 4.46. The van der Waals surface area contributed by atoms with Gasteiger partial charge in [-0.25, -0.2) is 4.98 Å². The lowest BCUT2D eigenvalue weighted by molar-refractivity contribution is -0.140. The van der Waals surface area contributed by atoms with Crippen molar-refractivity contribution in [2.24, 2.45) is 0 Å². The van der Waals surface area contributed by atoms with Crippen LogP contribution in [0.3, 0.4) is 0 Å². The van der Waals surface area contributed by atoms with E-state index in [1.807, 2.05) is 30.3 Å². The van der Waals surface area contributed by atoms with E-state index < -0.39 is 0 Å². The van der Waals surface area contributed by atoms with Gasteiger partial charge in [-0.2, -0.15) is 0 Å². The van der Waals surface area contributed by atoms with Crippen LogP contribution < -0.4 is 5.32 Å². The van der Waals surface area contributed by atoms with Gasteiger partial charge in [-0.05, 0) is 19.3 Å². The molecule has 0 bridgehead atoms. The van der Waals surface area contributed by atoms with E-state index >= 15 is 0 Å². The summed E-state index contributed by atoms with van der Waals surface area (Å²) in [5.41, 5.74) is 2.48. The molecule has 132 valence electrons. The summed E-state index contributed by atoms with van der Waals surface area (Å²) in [7, 11) is 1.34. The number of carbonyl (C=O) groups excluding carboxylic acids is 2. The van der Waals surface area contributed by atoms with E-state index in [1.165, 1.54) is 7.11 Å². The fraction of sp³-hybridized carbons (Fsp3) is 0.421. The maximum atomic E-state index is 12.6. The molecule has 0 saturated heterocycles. The highest BCUT2D eigenvalue weighted by atomic mass is 16.5. The number of nitrogens with one attached hydrogen (secondary N) is 1. The lowest BCUT2D eigenvalue weighted by Gasteiger charge is -2.09. The van der Waals surface area contributed by atoms with Crippen LogP contribution in [0.15, 0.2) is 30.3 Å². The average molecular weight is 341 g/mol. The highest BCUT2D eigenvalue weighted by Gasteiger charge is 2.24. The quantitative estimate of drug-likeness (QED) is 0.848. The number of carbonyl (C=O) groups is 2. The monoisotopic (exact) mass is 341 g/mol. The second-order valence-corrected chi connectivity index (χ2v) is 6.14. The Bertz CT molecular complexity index is 753. The van der Waals surface area contributed by atoms with Gasteiger partial charge in [0.25, 0.3) is 5.91 Å². The van der Waals surface area contributed by atoms with E-state index in [1.54, 1.807) is 0 Å². The third-order valence-electron chi connectivity index (χ3n) is 4.46. The Morgan fingerprint density at radius 2 is 2.00 bits per heavy atom. The SMILES string of the molecule is COC(=O)CCNC(=O)c1nc(-c2ccccc2)n2c1CCCCC2. The van der Waals surface area contributed by atoms with Crippen molar-refractivity contribution in [3.8, 4) is 11.4 Å². The van der Waals surface area contributed by atoms with Crippen molar-refractivity contribution < 1.29 is 14.3 Å². The number of rotatable bonds is 5. The Hall–Kier alpha value is -2.63. The minimum Gasteiger partial charge on any atom is -0.469 e. The minimum absolute atomic E-state index is 0.157. The average Bonchev–Trinajstić information content (AvgIpc) is 2.83. The summed E-state index contributed by atoms with van der Waals surface area (Å²) < 4.78 is 6.77. The van der Waals surface area contributed by atoms with Crippen LogP contribution in [0.4, 0.5) is 0 Å². The minimum atomic E-state index is -0.339. The maximum Gasteiger partial charge on any atom is 0.307 e. The first-order chi connectivity index (χ1) is 12.2. The van der Waals surface area contributed by atoms with Crippen molar-refractivity contribution >= 4 is 11.9 Å². The predicted octanol–water partition coefficient (Wildman–Crippen LogP) is 2.57. The van der Waals surface area contributed by atoms with Crippen LogP contribution in [0.1, 0.15) is 41.9 Å². The van der Waals surface area contributed by atoms with E-state index in [-0.39, 0.29) is 24.8 Å². The molecule has 1 N–H and O–H groups in total. The summed E-state index contributed by atoms with van der Waals surface area (Å²) in [5, 5.41) is 2.78. The Balaban J connectivity index is 1.87. The predicted molar refractivity (Wildman–Crippen MR) is 94.2 cm³/mol. The van der Waals surface area contributed by atoms with Gasteiger partial charge in [-0.1, -0.05) is 36.8 Å². The molecule has 3 rings (SSSR count). The van der Waals surface area contributed by atoms with Gasteiger partial charge in [-0.15, -0.1) is 0 Å². The van der Waals surface area contributed by atoms with Gasteiger partial charge < -0.3 is 14.6 Å². The topological polar surface area (TPSA) is 73.2 Å². The second-order valence-electron chi connectivity index (χ2n) is 6.14. The number of benzene rings is 1. The van der Waals surface area contributed by atoms with Crippen LogP contribution >= 0.6 is 0 Å². The van der Waals surface area contributed by atoms with Crippen molar-refractivity contribution in [3.63, 3.8) is 0 Å². The number of esters is 1. The number of ether oxygens (including phenoxy) is 1. The first-order valence-electron chi connectivity index (χ1n) is 8.70. The molecule has 1 aliphatic heterocycles. The Morgan fingerprint density at radius 1 is 1.20 bits per heavy atom. The fourth-order valence-electron chi connectivity index (χ4n) is 3.17. The Kier molecular flexibility index (Phi) is 5.48. The molecule has 0 aliphatic carbocycles. The number of hydrogen-bond acceptors (Lipinski definition) is 4. The smallest absolute Gasteiger partial charge is 0.307 e. The van der Waals surface area contributed by atoms with Crippen molar-refractivity contribution in [1.29, 1.82) is 0 Å². The molecule has 0 fully saturated rings. The summed E-state index contributed by atoms with van der Waals surface area (Å²) in [5.74, 6) is 0.279. The molecule has 6 nitrogen and oxygen atoms in total. The molecule has 1 aromatic carbocycles. The number of hydrogen-bond donors (Lipinski definition) is 1. The highest BCUT2D eigenvalue weighted by molar-refractivity contribution is 5.94. The first kappa shape index (κ1) is 17.2. The molecule has 0 atom stereocenters. The van der Waals surface area contributed by atoms with Crippen molar-refractivity contribution in [1.82, 2.24) is 14.9 Å². The van der Waals surface area contributed by atoms with Crippen molar-refractivity contribution in [2.45, 2.75) is 38.6 Å². The molecule has 0 spiro atoms. The summed E-state index contributed by atoms with van der Waals surface area (Å²) in [4.78, 5) is 28.5. The highest BCUT2D eigenvalue weighted by Crippen LogP contribution is 2.27. The molecule has 0 unspecified atom stereocenters. The normalized spacial score (nSPS) is 13.6. The number of fused-ring (bicyclic) bond motifs is 1. The Morgan fingerprint density at radius 3 is 2.76 bits per heavy atom. The van der Waals surface area contributed by atoms with E-state index in [9.17, 15) is 9.59 Å². The number of imidazole rings is 1. The molecule has 1 amide bonds. The zero-order valence-corrected chi connectivity index (χ0v) is 14.5. The van der Waals surface area contributed by atoms with Crippen molar-refractivity contribution in [3.05, 3.63) is 41.7 Å². The number of aromatic nitrogens is 2. The molecule has 6 heteroatoms. The largest absolute Gasteiger partial charge is 0.469 e. The number of amides is 1. The van der Waals surface area contributed by atoms with E-state index in [4.69, 9.17) is 0 Å². The lowest BCUT2D eigenvalue weighted by Crippen LogP contribution is -2.27. The molecule has 25 heavy (non-hydrogen) atoms. The lowest BCUT2D eigenvalue weighted by atomic mass is 10.1. The van der Waals surface area contributed by atoms with Gasteiger partial charge in [-0.3, -0.25) is 9.59 Å². The number of methoxy groups -OCH3 is 1. The fourth-order valence-corrected chi connectivity index (χ4v) is 3.17. The van der Waals surface area contributed by atoms with Gasteiger partial charge in [0.05, 0.1) is 19.2 Å². The van der Waals surface area contributed by atoms with Gasteiger partial charge >= 0.3 is 5.97 Å². The van der Waals surface area contributed by atoms with Crippen LogP contribution in [0, 0.1) is 0 Å². The second kappa shape index (κ2) is 7.96. The zero-order chi connectivity index (χ0) is 17.6. The van der Waals surface area contributed by atoms with Crippen molar-refractivity contribution in [2.75, 3.05) is 13.7 Å². The standard InChI is InChI=1S/C19H23N3O3/c1-25-16(23)11-12-20-19(24)17-15-10-6-3-7-13-22(15)18(21-17)14-8-4-2-5-9-14/h2,4-5,8-9H,3,6-7,10-13H2,1H3,(H,20,24). The molecule has 2 aromatic rings. The van der Waals surface area contributed by atoms with E-state index in [2.05, 4.69) is 19.6 Å². The Labute approximate surface area is 147 Å². The summed E-state index contributed by atoms with van der Waals surface area (Å²) >= 11 is 0. The summed E-state index contributed by atoms with van der Waals surface area (Å²) in [6.07, 6.45) is 4.30. The maximum absolute atomic E-state index is 12.6. The van der Waals surface area contributed by atoms with Gasteiger partial charge in [0.15, 0.2) is 0 Å². The van der Waals surface area contributed by atoms with Gasteiger partial charge in [0, 0.05) is 18.7 Å². The van der Waals surface area contributed by atoms with Crippen LogP contribution in [0.5, 0.6) is 0 Å². The molecule has 1 aliphatic rings. The zero-order valence-electron chi connectivity index (χ0n) is 14.5. The molecular formula is C19H23N3O3. The first-order valence-corrected chi connectivity index (χ1v) is 8.70. The number of nitrogens with zero attached hydrogens (tertiary/aromatic N) is 2. The van der Waals surface area contributed by atoms with Crippen LogP contribution in [-0.2, 0) is 22.5 Å². The molecule has 0 radical (unpaired) electrons. The summed E-state index contributed by atoms with van der Waals surface area (Å²) in [6.45, 7) is 1.13. The van der Waals surface area contributed by atoms with Gasteiger partial charge in [0.2, 0.25) is 0 Å². The van der Waals surface area contributed by atoms with Crippen LogP contribution in [0.2, 0.25) is 0 Å². The van der Waals surface area contributed by atoms with E-state index in [0.717, 1.165) is 49.3 Å². The van der Waals surface area contributed by atoms with E-state index in [0.29, 0.717) is 5.69 Å². The molecular weight excluding hydrogens is 318 g/mol.